The van der Waals surface area contributed by atoms with Crippen LogP contribution < -0.4 is 4.74 Å². The SMILES string of the molecule is CCOc1ccc(/C(O)=C2\C(=O)C(=O)N(CCN(CC)CC)C2c2ccc(C)cc2)cc1C. The summed E-state index contributed by atoms with van der Waals surface area (Å²) in [5, 5.41) is 11.3. The molecule has 2 aromatic rings. The fourth-order valence-electron chi connectivity index (χ4n) is 4.26. The summed E-state index contributed by atoms with van der Waals surface area (Å²) in [5.74, 6) is -0.652. The topological polar surface area (TPSA) is 70.1 Å². The maximum atomic E-state index is 13.2. The van der Waals surface area contributed by atoms with Crippen molar-refractivity contribution in [3.8, 4) is 5.75 Å². The summed E-state index contributed by atoms with van der Waals surface area (Å²) in [6, 6.07) is 12.4. The molecule has 3 rings (SSSR count). The number of aliphatic hydroxyl groups excluding tert-OH is 1. The number of hydrogen-bond acceptors (Lipinski definition) is 5. The summed E-state index contributed by atoms with van der Waals surface area (Å²) in [6.07, 6.45) is 0. The molecule has 1 aliphatic heterocycles. The zero-order chi connectivity index (χ0) is 24.1. The number of hydrogen-bond donors (Lipinski definition) is 1. The van der Waals surface area contributed by atoms with Crippen LogP contribution in [0.1, 0.15) is 49.1 Å². The van der Waals surface area contributed by atoms with Crippen molar-refractivity contribution in [3.63, 3.8) is 0 Å². The van der Waals surface area contributed by atoms with Crippen molar-refractivity contribution in [2.24, 2.45) is 0 Å². The van der Waals surface area contributed by atoms with Gasteiger partial charge in [-0.2, -0.15) is 0 Å². The van der Waals surface area contributed by atoms with Gasteiger partial charge in [-0.05, 0) is 63.2 Å². The summed E-state index contributed by atoms with van der Waals surface area (Å²) in [7, 11) is 0. The summed E-state index contributed by atoms with van der Waals surface area (Å²) >= 11 is 0. The van der Waals surface area contributed by atoms with E-state index in [0.29, 0.717) is 25.3 Å². The first-order chi connectivity index (χ1) is 15.8. The summed E-state index contributed by atoms with van der Waals surface area (Å²) in [4.78, 5) is 30.1. The van der Waals surface area contributed by atoms with Gasteiger partial charge in [0, 0.05) is 18.7 Å². The smallest absolute Gasteiger partial charge is 0.295 e. The van der Waals surface area contributed by atoms with E-state index in [0.717, 1.165) is 35.5 Å². The van der Waals surface area contributed by atoms with Crippen LogP contribution >= 0.6 is 0 Å². The van der Waals surface area contributed by atoms with Gasteiger partial charge in [0.2, 0.25) is 0 Å². The highest BCUT2D eigenvalue weighted by molar-refractivity contribution is 6.46. The molecule has 0 aliphatic carbocycles. The molecule has 1 fully saturated rings. The quantitative estimate of drug-likeness (QED) is 0.347. The van der Waals surface area contributed by atoms with Crippen molar-refractivity contribution in [2.75, 3.05) is 32.8 Å². The maximum Gasteiger partial charge on any atom is 0.295 e. The lowest BCUT2D eigenvalue weighted by Gasteiger charge is -2.28. The second-order valence-corrected chi connectivity index (χ2v) is 8.34. The molecule has 0 bridgehead atoms. The normalized spacial score (nSPS) is 17.8. The molecule has 6 nitrogen and oxygen atoms in total. The number of benzene rings is 2. The number of carbonyl (C=O) groups excluding carboxylic acids is 2. The Hall–Kier alpha value is -3.12. The Bertz CT molecular complexity index is 1040. The number of likely N-dealkylation sites (N-methyl/N-ethyl adjacent to an activating group) is 1. The number of ether oxygens (including phenoxy) is 1. The highest BCUT2D eigenvalue weighted by Gasteiger charge is 2.45. The van der Waals surface area contributed by atoms with Crippen molar-refractivity contribution < 1.29 is 19.4 Å². The number of ketones is 1. The van der Waals surface area contributed by atoms with Crippen LogP contribution in [0.15, 0.2) is 48.0 Å². The van der Waals surface area contributed by atoms with E-state index in [1.54, 1.807) is 23.1 Å². The fraction of sp³-hybridized carbons (Fsp3) is 0.407. The van der Waals surface area contributed by atoms with E-state index in [1.165, 1.54) is 0 Å². The average Bonchev–Trinajstić information content (AvgIpc) is 3.06. The molecule has 176 valence electrons. The lowest BCUT2D eigenvalue weighted by Crippen LogP contribution is -2.38. The van der Waals surface area contributed by atoms with Crippen molar-refractivity contribution >= 4 is 17.4 Å². The van der Waals surface area contributed by atoms with E-state index in [1.807, 2.05) is 45.0 Å². The lowest BCUT2D eigenvalue weighted by molar-refractivity contribution is -0.140. The van der Waals surface area contributed by atoms with Gasteiger partial charge in [-0.15, -0.1) is 0 Å². The Balaban J connectivity index is 2.09. The molecule has 1 saturated heterocycles. The van der Waals surface area contributed by atoms with Gasteiger partial charge in [0.1, 0.15) is 11.5 Å². The van der Waals surface area contributed by atoms with E-state index in [9.17, 15) is 14.7 Å². The molecular formula is C27H34N2O4. The first-order valence-electron chi connectivity index (χ1n) is 11.6. The van der Waals surface area contributed by atoms with Crippen molar-refractivity contribution in [3.05, 3.63) is 70.3 Å². The summed E-state index contributed by atoms with van der Waals surface area (Å²) < 4.78 is 5.60. The predicted octanol–water partition coefficient (Wildman–Crippen LogP) is 4.47. The summed E-state index contributed by atoms with van der Waals surface area (Å²) in [6.45, 7) is 13.3. The standard InChI is InChI=1S/C27H34N2O4/c1-6-28(7-2)15-16-29-24(20-11-9-18(4)10-12-20)23(26(31)27(29)32)25(30)21-13-14-22(33-8-3)19(5)17-21/h9-14,17,24,30H,6-8,15-16H2,1-5H3/b25-23+. The largest absolute Gasteiger partial charge is 0.507 e. The van der Waals surface area contributed by atoms with Crippen LogP contribution in [0.4, 0.5) is 0 Å². The second-order valence-electron chi connectivity index (χ2n) is 8.34. The van der Waals surface area contributed by atoms with Gasteiger partial charge in [0.05, 0.1) is 18.2 Å². The monoisotopic (exact) mass is 450 g/mol. The molecule has 1 heterocycles. The van der Waals surface area contributed by atoms with Gasteiger partial charge in [0.25, 0.3) is 11.7 Å². The molecule has 1 amide bonds. The molecule has 0 saturated carbocycles. The molecule has 2 aromatic carbocycles. The number of aliphatic hydroxyl groups is 1. The molecule has 0 spiro atoms. The van der Waals surface area contributed by atoms with Crippen LogP contribution in [0.5, 0.6) is 5.75 Å². The average molecular weight is 451 g/mol. The number of likely N-dealkylation sites (tertiary alicyclic amines) is 1. The van der Waals surface area contributed by atoms with Crippen molar-refractivity contribution in [1.29, 1.82) is 0 Å². The van der Waals surface area contributed by atoms with E-state index in [2.05, 4.69) is 18.7 Å². The number of carbonyl (C=O) groups is 2. The third kappa shape index (κ3) is 5.11. The van der Waals surface area contributed by atoms with Gasteiger partial charge >= 0.3 is 0 Å². The Morgan fingerprint density at radius 2 is 1.70 bits per heavy atom. The number of nitrogens with zero attached hydrogens (tertiary/aromatic N) is 2. The first kappa shape index (κ1) is 24.5. The molecule has 1 unspecified atom stereocenters. The minimum Gasteiger partial charge on any atom is -0.507 e. The molecule has 1 atom stereocenters. The zero-order valence-electron chi connectivity index (χ0n) is 20.2. The molecule has 6 heteroatoms. The minimum atomic E-state index is -0.649. The van der Waals surface area contributed by atoms with Crippen LogP contribution in [0.3, 0.4) is 0 Å². The highest BCUT2D eigenvalue weighted by atomic mass is 16.5. The van der Waals surface area contributed by atoms with Crippen molar-refractivity contribution in [2.45, 2.75) is 40.7 Å². The molecule has 0 radical (unpaired) electrons. The number of amides is 1. The van der Waals surface area contributed by atoms with Crippen LogP contribution in [0.2, 0.25) is 0 Å². The number of aryl methyl sites for hydroxylation is 2. The van der Waals surface area contributed by atoms with Gasteiger partial charge in [0.15, 0.2) is 0 Å². The first-order valence-corrected chi connectivity index (χ1v) is 11.6. The Morgan fingerprint density at radius 1 is 1.03 bits per heavy atom. The van der Waals surface area contributed by atoms with E-state index >= 15 is 0 Å². The fourth-order valence-corrected chi connectivity index (χ4v) is 4.26. The Morgan fingerprint density at radius 3 is 2.27 bits per heavy atom. The van der Waals surface area contributed by atoms with E-state index < -0.39 is 17.7 Å². The zero-order valence-corrected chi connectivity index (χ0v) is 20.2. The van der Waals surface area contributed by atoms with Gasteiger partial charge in [-0.25, -0.2) is 0 Å². The number of rotatable bonds is 9. The molecular weight excluding hydrogens is 416 g/mol. The maximum absolute atomic E-state index is 13.2. The lowest BCUT2D eigenvalue weighted by atomic mass is 9.94. The molecule has 33 heavy (non-hydrogen) atoms. The third-order valence-electron chi connectivity index (χ3n) is 6.23. The summed E-state index contributed by atoms with van der Waals surface area (Å²) in [5.41, 5.74) is 3.37. The van der Waals surface area contributed by atoms with Crippen LogP contribution in [-0.2, 0) is 9.59 Å². The van der Waals surface area contributed by atoms with Gasteiger partial charge in [-0.3, -0.25) is 9.59 Å². The predicted molar refractivity (Wildman–Crippen MR) is 130 cm³/mol. The minimum absolute atomic E-state index is 0.131. The molecule has 1 aliphatic rings. The van der Waals surface area contributed by atoms with Crippen LogP contribution in [-0.4, -0.2) is 59.4 Å². The van der Waals surface area contributed by atoms with Gasteiger partial charge < -0.3 is 19.6 Å². The van der Waals surface area contributed by atoms with Crippen LogP contribution in [0, 0.1) is 13.8 Å². The third-order valence-corrected chi connectivity index (χ3v) is 6.23. The second kappa shape index (κ2) is 10.7. The molecule has 0 aromatic heterocycles. The van der Waals surface area contributed by atoms with Gasteiger partial charge in [-0.1, -0.05) is 43.7 Å². The van der Waals surface area contributed by atoms with E-state index in [-0.39, 0.29) is 11.3 Å². The highest BCUT2D eigenvalue weighted by Crippen LogP contribution is 2.39. The van der Waals surface area contributed by atoms with E-state index in [4.69, 9.17) is 4.74 Å². The van der Waals surface area contributed by atoms with Crippen LogP contribution in [0.25, 0.3) is 5.76 Å². The number of Topliss-reactive ketones (excluding diaryl/α,β-unsaturated/α-hetero) is 1. The Labute approximate surface area is 196 Å². The molecule has 1 N–H and O–H groups in total. The van der Waals surface area contributed by atoms with Crippen molar-refractivity contribution in [1.82, 2.24) is 9.80 Å². The Kier molecular flexibility index (Phi) is 7.92.